The lowest BCUT2D eigenvalue weighted by atomic mass is 10.0. The predicted molar refractivity (Wildman–Crippen MR) is 169 cm³/mol. The van der Waals surface area contributed by atoms with Crippen molar-refractivity contribution < 1.29 is 22.7 Å². The van der Waals surface area contributed by atoms with Crippen molar-refractivity contribution in [3.63, 3.8) is 0 Å². The van der Waals surface area contributed by atoms with E-state index in [1.54, 1.807) is 31.4 Å². The molecule has 0 aromatic heterocycles. The molecule has 1 N–H and O–H groups in total. The van der Waals surface area contributed by atoms with E-state index in [0.29, 0.717) is 5.75 Å². The zero-order chi connectivity index (χ0) is 31.0. The van der Waals surface area contributed by atoms with Gasteiger partial charge >= 0.3 is 0 Å². The molecule has 0 saturated heterocycles. The van der Waals surface area contributed by atoms with Crippen molar-refractivity contribution in [2.45, 2.75) is 50.2 Å². The number of nitrogens with zero attached hydrogens (tertiary/aromatic N) is 2. The van der Waals surface area contributed by atoms with Gasteiger partial charge in [0, 0.05) is 26.1 Å². The van der Waals surface area contributed by atoms with Crippen LogP contribution in [-0.4, -0.2) is 62.2 Å². The Morgan fingerprint density at radius 1 is 0.860 bits per heavy atom. The zero-order valence-electron chi connectivity index (χ0n) is 25.1. The van der Waals surface area contributed by atoms with Crippen LogP contribution in [0.1, 0.15) is 31.4 Å². The molecule has 4 rings (SSSR count). The van der Waals surface area contributed by atoms with Gasteiger partial charge in [0.25, 0.3) is 0 Å². The zero-order valence-corrected chi connectivity index (χ0v) is 25.9. The number of rotatable bonds is 13. The molecule has 0 unspecified atom stereocenters. The van der Waals surface area contributed by atoms with Gasteiger partial charge in [-0.3, -0.25) is 9.59 Å². The molecule has 2 atom stereocenters. The molecule has 0 aliphatic carbocycles. The molecule has 0 bridgehead atoms. The van der Waals surface area contributed by atoms with E-state index in [9.17, 15) is 18.0 Å². The molecular weight excluding hydrogens is 562 g/mol. The van der Waals surface area contributed by atoms with Crippen molar-refractivity contribution in [2.75, 3.05) is 20.7 Å². The number of carbonyl (C=O) groups excluding carboxylic acids is 2. The lowest BCUT2D eigenvalue weighted by Crippen LogP contribution is -2.54. The number of amides is 2. The van der Waals surface area contributed by atoms with Gasteiger partial charge in [-0.05, 0) is 59.5 Å². The number of sulfonamides is 1. The van der Waals surface area contributed by atoms with Crippen molar-refractivity contribution in [3.05, 3.63) is 108 Å². The minimum Gasteiger partial charge on any atom is -0.497 e. The summed E-state index contributed by atoms with van der Waals surface area (Å²) in [4.78, 5) is 29.4. The highest BCUT2D eigenvalue weighted by molar-refractivity contribution is 7.89. The third-order valence-corrected chi connectivity index (χ3v) is 9.35. The quantitative estimate of drug-likeness (QED) is 0.232. The van der Waals surface area contributed by atoms with E-state index in [2.05, 4.69) is 5.32 Å². The maximum Gasteiger partial charge on any atom is 0.243 e. The smallest absolute Gasteiger partial charge is 0.243 e. The number of carbonyl (C=O) groups is 2. The van der Waals surface area contributed by atoms with Crippen LogP contribution in [-0.2, 0) is 32.6 Å². The third-order valence-electron chi connectivity index (χ3n) is 7.55. The maximum atomic E-state index is 14.1. The number of methoxy groups -OCH3 is 1. The Morgan fingerprint density at radius 3 is 2.23 bits per heavy atom. The van der Waals surface area contributed by atoms with Gasteiger partial charge in [0.2, 0.25) is 21.8 Å². The fraction of sp³-hybridized carbons (Fsp3) is 0.294. The molecule has 0 fully saturated rings. The number of hydrogen-bond donors (Lipinski definition) is 1. The summed E-state index contributed by atoms with van der Waals surface area (Å²) >= 11 is 0. The van der Waals surface area contributed by atoms with Gasteiger partial charge in [0.15, 0.2) is 0 Å². The number of fused-ring (bicyclic) bond motifs is 1. The number of benzene rings is 4. The minimum absolute atomic E-state index is 0.0886. The van der Waals surface area contributed by atoms with Gasteiger partial charge < -0.3 is 15.0 Å². The highest BCUT2D eigenvalue weighted by Crippen LogP contribution is 2.23. The summed E-state index contributed by atoms with van der Waals surface area (Å²) in [6.45, 7) is 3.53. The van der Waals surface area contributed by atoms with Crippen molar-refractivity contribution in [2.24, 2.45) is 0 Å². The SMILES string of the molecule is CC[C@@H](C)NC(=O)[C@@H](Cc1ccccc1)N(Cc1cccc(OC)c1)C(=O)CN(C)S(=O)(=O)c1ccc2ccccc2c1. The monoisotopic (exact) mass is 601 g/mol. The van der Waals surface area contributed by atoms with Crippen molar-refractivity contribution >= 4 is 32.6 Å². The van der Waals surface area contributed by atoms with Crippen LogP contribution in [0, 0.1) is 0 Å². The van der Waals surface area contributed by atoms with Crippen LogP contribution in [0.2, 0.25) is 0 Å². The van der Waals surface area contributed by atoms with Crippen LogP contribution in [0.25, 0.3) is 10.8 Å². The molecule has 0 aliphatic heterocycles. The molecule has 9 heteroatoms. The Morgan fingerprint density at radius 2 is 1.53 bits per heavy atom. The predicted octanol–water partition coefficient (Wildman–Crippen LogP) is 5.02. The van der Waals surface area contributed by atoms with Crippen LogP contribution in [0.4, 0.5) is 0 Å². The van der Waals surface area contributed by atoms with Crippen molar-refractivity contribution in [1.29, 1.82) is 0 Å². The Bertz CT molecular complexity index is 1660. The van der Waals surface area contributed by atoms with E-state index in [1.807, 2.05) is 86.6 Å². The average Bonchev–Trinajstić information content (AvgIpc) is 3.02. The Kier molecular flexibility index (Phi) is 10.6. The summed E-state index contributed by atoms with van der Waals surface area (Å²) in [6.07, 6.45) is 0.986. The Balaban J connectivity index is 1.69. The van der Waals surface area contributed by atoms with Crippen LogP contribution in [0.3, 0.4) is 0 Å². The molecule has 4 aromatic carbocycles. The molecule has 2 amide bonds. The first kappa shape index (κ1) is 31.7. The van der Waals surface area contributed by atoms with Crippen molar-refractivity contribution in [3.8, 4) is 5.75 Å². The summed E-state index contributed by atoms with van der Waals surface area (Å²) in [5.74, 6) is -0.172. The highest BCUT2D eigenvalue weighted by Gasteiger charge is 2.33. The maximum absolute atomic E-state index is 14.1. The van der Waals surface area contributed by atoms with E-state index in [1.165, 1.54) is 11.9 Å². The van der Waals surface area contributed by atoms with Gasteiger partial charge in [-0.2, -0.15) is 4.31 Å². The second-order valence-corrected chi connectivity index (χ2v) is 12.7. The van der Waals surface area contributed by atoms with Crippen LogP contribution in [0.5, 0.6) is 5.75 Å². The van der Waals surface area contributed by atoms with E-state index in [-0.39, 0.29) is 29.8 Å². The minimum atomic E-state index is -4.01. The highest BCUT2D eigenvalue weighted by atomic mass is 32.2. The van der Waals surface area contributed by atoms with Gasteiger partial charge in [0.05, 0.1) is 18.6 Å². The fourth-order valence-corrected chi connectivity index (χ4v) is 5.99. The molecule has 0 radical (unpaired) electrons. The molecule has 8 nitrogen and oxygen atoms in total. The van der Waals surface area contributed by atoms with Crippen molar-refractivity contribution in [1.82, 2.24) is 14.5 Å². The summed E-state index contributed by atoms with van der Waals surface area (Å²) in [7, 11) is -1.06. The van der Waals surface area contributed by atoms with E-state index >= 15 is 0 Å². The van der Waals surface area contributed by atoms with Gasteiger partial charge in [-0.25, -0.2) is 8.42 Å². The van der Waals surface area contributed by atoms with E-state index in [0.717, 1.165) is 32.6 Å². The Hall–Kier alpha value is -4.21. The topological polar surface area (TPSA) is 96.0 Å². The number of likely N-dealkylation sites (N-methyl/N-ethyl adjacent to an activating group) is 1. The first-order chi connectivity index (χ1) is 20.6. The molecular formula is C34H39N3O5S. The third kappa shape index (κ3) is 8.00. The van der Waals surface area contributed by atoms with Crippen LogP contribution in [0.15, 0.2) is 102 Å². The van der Waals surface area contributed by atoms with Gasteiger partial charge in [-0.1, -0.05) is 79.7 Å². The summed E-state index contributed by atoms with van der Waals surface area (Å²) in [6, 6.07) is 28.2. The van der Waals surface area contributed by atoms with E-state index < -0.39 is 28.5 Å². The van der Waals surface area contributed by atoms with E-state index in [4.69, 9.17) is 4.74 Å². The van der Waals surface area contributed by atoms with Crippen LogP contribution < -0.4 is 10.1 Å². The first-order valence-corrected chi connectivity index (χ1v) is 15.8. The Labute approximate surface area is 254 Å². The summed E-state index contributed by atoms with van der Waals surface area (Å²) < 4.78 is 33.7. The van der Waals surface area contributed by atoms with Gasteiger partial charge in [-0.15, -0.1) is 0 Å². The fourth-order valence-electron chi connectivity index (χ4n) is 4.84. The largest absolute Gasteiger partial charge is 0.497 e. The lowest BCUT2D eigenvalue weighted by Gasteiger charge is -2.33. The molecule has 0 aliphatic rings. The first-order valence-electron chi connectivity index (χ1n) is 14.3. The number of nitrogens with one attached hydrogen (secondary N) is 1. The summed E-state index contributed by atoms with van der Waals surface area (Å²) in [5.41, 5.74) is 1.63. The summed E-state index contributed by atoms with van der Waals surface area (Å²) in [5, 5.41) is 4.73. The number of ether oxygens (including phenoxy) is 1. The molecule has 0 saturated carbocycles. The van der Waals surface area contributed by atoms with Crippen LogP contribution >= 0.6 is 0 Å². The standard InChI is InChI=1S/C34H39N3O5S/c1-5-25(2)35-34(39)32(21-26-12-7-6-8-13-26)37(23-27-14-11-17-30(20-27)42-4)33(38)24-36(3)43(40,41)31-19-18-28-15-9-10-16-29(28)22-31/h6-20,22,25,32H,5,21,23-24H2,1-4H3,(H,35,39)/t25-,32-/m1/s1. The van der Waals surface area contributed by atoms with Gasteiger partial charge in [0.1, 0.15) is 11.8 Å². The molecule has 226 valence electrons. The molecule has 43 heavy (non-hydrogen) atoms. The second kappa shape index (κ2) is 14.3. The average molecular weight is 602 g/mol. The molecule has 4 aromatic rings. The lowest BCUT2D eigenvalue weighted by molar-refractivity contribution is -0.141. The normalized spacial score (nSPS) is 13.0. The second-order valence-electron chi connectivity index (χ2n) is 10.7. The number of hydrogen-bond acceptors (Lipinski definition) is 5. The molecule has 0 spiro atoms. The molecule has 0 heterocycles.